The van der Waals surface area contributed by atoms with Crippen LogP contribution < -0.4 is 5.56 Å². The number of rotatable bonds is 1. The number of aromatic nitrogens is 2. The monoisotopic (exact) mass is 348 g/mol. The molecule has 0 amide bonds. The summed E-state index contributed by atoms with van der Waals surface area (Å²) in [4.78, 5) is 29.8. The van der Waals surface area contributed by atoms with Crippen molar-refractivity contribution in [1.82, 2.24) is 9.55 Å². The van der Waals surface area contributed by atoms with E-state index in [-0.39, 0.29) is 23.9 Å². The molecule has 0 saturated carbocycles. The zero-order valence-electron chi connectivity index (χ0n) is 14.2. The van der Waals surface area contributed by atoms with Crippen LogP contribution in [0.5, 0.6) is 5.75 Å². The van der Waals surface area contributed by atoms with Crippen molar-refractivity contribution < 1.29 is 14.6 Å². The summed E-state index contributed by atoms with van der Waals surface area (Å²) in [5.74, 6) is -0.493. The van der Waals surface area contributed by atoms with Gasteiger partial charge in [0.05, 0.1) is 34.9 Å². The minimum Gasteiger partial charge on any atom is -0.508 e. The summed E-state index contributed by atoms with van der Waals surface area (Å²) >= 11 is 0. The van der Waals surface area contributed by atoms with Crippen molar-refractivity contribution in [3.05, 3.63) is 57.4 Å². The number of nitrogens with zero attached hydrogens (tertiary/aromatic N) is 2. The normalized spacial score (nSPS) is 17.6. The third-order valence-corrected chi connectivity index (χ3v) is 5.31. The number of hydrogen-bond donors (Lipinski definition) is 1. The van der Waals surface area contributed by atoms with Gasteiger partial charge < -0.3 is 14.4 Å². The second kappa shape index (κ2) is 5.17. The highest BCUT2D eigenvalue weighted by molar-refractivity contribution is 5.86. The first-order valence-corrected chi connectivity index (χ1v) is 8.63. The zero-order valence-corrected chi connectivity index (χ0v) is 14.2. The minimum atomic E-state index is -0.404. The van der Waals surface area contributed by atoms with Crippen molar-refractivity contribution in [1.29, 1.82) is 0 Å². The van der Waals surface area contributed by atoms with Crippen LogP contribution in [0.15, 0.2) is 35.1 Å². The van der Waals surface area contributed by atoms with E-state index in [0.29, 0.717) is 18.5 Å². The molecule has 0 spiro atoms. The van der Waals surface area contributed by atoms with Crippen molar-refractivity contribution in [2.75, 3.05) is 0 Å². The van der Waals surface area contributed by atoms with Gasteiger partial charge in [-0.2, -0.15) is 0 Å². The molecule has 1 atom stereocenters. The fourth-order valence-corrected chi connectivity index (χ4v) is 4.00. The van der Waals surface area contributed by atoms with Crippen LogP contribution in [0.2, 0.25) is 0 Å². The first kappa shape index (κ1) is 15.1. The Kier molecular flexibility index (Phi) is 3.01. The highest BCUT2D eigenvalue weighted by Crippen LogP contribution is 2.36. The van der Waals surface area contributed by atoms with Gasteiger partial charge in [0.25, 0.3) is 5.56 Å². The molecule has 1 aromatic carbocycles. The van der Waals surface area contributed by atoms with Crippen LogP contribution in [0.1, 0.15) is 36.0 Å². The van der Waals surface area contributed by atoms with Gasteiger partial charge in [-0.1, -0.05) is 6.92 Å². The van der Waals surface area contributed by atoms with Gasteiger partial charge in [-0.3, -0.25) is 9.59 Å². The molecule has 6 heteroatoms. The first-order valence-electron chi connectivity index (χ1n) is 8.63. The summed E-state index contributed by atoms with van der Waals surface area (Å²) in [6, 6.07) is 8.91. The molecule has 2 aliphatic heterocycles. The summed E-state index contributed by atoms with van der Waals surface area (Å²) in [5, 5.41) is 10.5. The molecule has 0 bridgehead atoms. The van der Waals surface area contributed by atoms with E-state index in [0.717, 1.165) is 33.4 Å². The Hall–Kier alpha value is -3.15. The molecule has 0 fully saturated rings. The van der Waals surface area contributed by atoms with Crippen LogP contribution in [0.3, 0.4) is 0 Å². The van der Waals surface area contributed by atoms with E-state index in [9.17, 15) is 14.7 Å². The Morgan fingerprint density at radius 1 is 1.27 bits per heavy atom. The topological polar surface area (TPSA) is 81.4 Å². The highest BCUT2D eigenvalue weighted by atomic mass is 16.5. The largest absolute Gasteiger partial charge is 0.508 e. The van der Waals surface area contributed by atoms with Gasteiger partial charge in [-0.15, -0.1) is 0 Å². The summed E-state index contributed by atoms with van der Waals surface area (Å²) in [6.45, 7) is 2.38. The van der Waals surface area contributed by atoms with Crippen LogP contribution in [-0.2, 0) is 22.7 Å². The Labute approximate surface area is 148 Å². The number of ether oxygens (including phenoxy) is 1. The average Bonchev–Trinajstić information content (AvgIpc) is 2.98. The molecule has 4 heterocycles. The number of carbonyl (C=O) groups excluding carboxylic acids is 1. The highest BCUT2D eigenvalue weighted by Gasteiger charge is 2.33. The number of aromatic hydroxyl groups is 1. The second-order valence-electron chi connectivity index (χ2n) is 6.80. The lowest BCUT2D eigenvalue weighted by Crippen LogP contribution is -2.32. The number of esters is 1. The van der Waals surface area contributed by atoms with E-state index in [1.165, 1.54) is 0 Å². The summed E-state index contributed by atoms with van der Waals surface area (Å²) < 4.78 is 6.90. The number of fused-ring (bicyclic) bond motifs is 5. The van der Waals surface area contributed by atoms with Gasteiger partial charge in [-0.05, 0) is 42.3 Å². The van der Waals surface area contributed by atoms with Crippen LogP contribution in [0, 0.1) is 0 Å². The molecule has 0 saturated heterocycles. The first-order chi connectivity index (χ1) is 12.6. The maximum absolute atomic E-state index is 13.0. The number of phenols is 1. The predicted molar refractivity (Wildman–Crippen MR) is 95.0 cm³/mol. The molecule has 6 nitrogen and oxygen atoms in total. The lowest BCUT2D eigenvalue weighted by molar-refractivity contribution is -0.148. The van der Waals surface area contributed by atoms with Crippen LogP contribution in [-0.4, -0.2) is 20.6 Å². The van der Waals surface area contributed by atoms with Gasteiger partial charge >= 0.3 is 5.97 Å². The van der Waals surface area contributed by atoms with E-state index < -0.39 is 5.92 Å². The van der Waals surface area contributed by atoms with E-state index in [4.69, 9.17) is 9.72 Å². The Bertz CT molecular complexity index is 1160. The molecule has 2 aliphatic rings. The number of cyclic esters (lactones) is 1. The maximum atomic E-state index is 13.0. The number of hydrogen-bond acceptors (Lipinski definition) is 5. The molecule has 0 radical (unpaired) electrons. The van der Waals surface area contributed by atoms with Crippen LogP contribution >= 0.6 is 0 Å². The van der Waals surface area contributed by atoms with Gasteiger partial charge in [-0.25, -0.2) is 4.98 Å². The summed E-state index contributed by atoms with van der Waals surface area (Å²) in [7, 11) is 0. The van der Waals surface area contributed by atoms with Crippen LogP contribution in [0.25, 0.3) is 22.3 Å². The second-order valence-corrected chi connectivity index (χ2v) is 6.80. The van der Waals surface area contributed by atoms with Crippen molar-refractivity contribution in [3.8, 4) is 17.1 Å². The third-order valence-electron chi connectivity index (χ3n) is 5.31. The zero-order chi connectivity index (χ0) is 18.0. The van der Waals surface area contributed by atoms with Crippen molar-refractivity contribution in [2.24, 2.45) is 0 Å². The Balaban J connectivity index is 1.77. The molecule has 0 aliphatic carbocycles. The number of phenolic OH excluding ortho intramolecular Hbond substituents is 1. The number of carbonyl (C=O) groups is 1. The van der Waals surface area contributed by atoms with Gasteiger partial charge in [0, 0.05) is 10.9 Å². The van der Waals surface area contributed by atoms with E-state index >= 15 is 0 Å². The Morgan fingerprint density at radius 2 is 2.12 bits per heavy atom. The fraction of sp³-hybridized carbons (Fsp3) is 0.250. The van der Waals surface area contributed by atoms with Gasteiger partial charge in [0.2, 0.25) is 0 Å². The predicted octanol–water partition coefficient (Wildman–Crippen LogP) is 2.68. The minimum absolute atomic E-state index is 0.0312. The Morgan fingerprint density at radius 3 is 2.92 bits per heavy atom. The number of pyridine rings is 2. The van der Waals surface area contributed by atoms with Crippen molar-refractivity contribution >= 4 is 16.9 Å². The van der Waals surface area contributed by atoms with E-state index in [2.05, 4.69) is 0 Å². The van der Waals surface area contributed by atoms with Crippen molar-refractivity contribution in [2.45, 2.75) is 32.4 Å². The molecule has 5 rings (SSSR count). The maximum Gasteiger partial charge on any atom is 0.313 e. The van der Waals surface area contributed by atoms with Crippen molar-refractivity contribution in [3.63, 3.8) is 0 Å². The quantitative estimate of drug-likeness (QED) is 0.535. The number of benzene rings is 1. The third kappa shape index (κ3) is 1.95. The molecular formula is C20H16N2O4. The standard InChI is InChI=1S/C20H16N2O4/c1-2-13-14-7-17-18-11(5-10-6-12(23)3-4-16(10)21-18)8-22(17)19(24)15(14)9-26-20(13)25/h3-7,13,23H,2,8-9H2,1H3. The fourth-order valence-electron chi connectivity index (χ4n) is 4.00. The summed E-state index contributed by atoms with van der Waals surface area (Å²) in [5.41, 5.74) is 4.40. The lowest BCUT2D eigenvalue weighted by Gasteiger charge is -2.24. The van der Waals surface area contributed by atoms with Crippen LogP contribution in [0.4, 0.5) is 0 Å². The van der Waals surface area contributed by atoms with Gasteiger partial charge in [0.15, 0.2) is 0 Å². The molecule has 3 aromatic rings. The van der Waals surface area contributed by atoms with E-state index in [1.807, 2.05) is 19.1 Å². The smallest absolute Gasteiger partial charge is 0.313 e. The molecule has 2 aromatic heterocycles. The van der Waals surface area contributed by atoms with E-state index in [1.54, 1.807) is 22.8 Å². The lowest BCUT2D eigenvalue weighted by atomic mass is 9.90. The van der Waals surface area contributed by atoms with Gasteiger partial charge in [0.1, 0.15) is 12.4 Å². The molecule has 130 valence electrons. The summed E-state index contributed by atoms with van der Waals surface area (Å²) in [6.07, 6.45) is 0.589. The molecule has 1 unspecified atom stereocenters. The molecule has 26 heavy (non-hydrogen) atoms. The SMILES string of the molecule is CCC1C(=O)OCc2c1cc1n(c2=O)Cc2cc3cc(O)ccc3nc2-1. The molecular weight excluding hydrogens is 332 g/mol. The molecule has 1 N–H and O–H groups in total. The average molecular weight is 348 g/mol.